The van der Waals surface area contributed by atoms with Crippen molar-refractivity contribution in [1.82, 2.24) is 14.8 Å². The van der Waals surface area contributed by atoms with Crippen molar-refractivity contribution in [3.8, 4) is 17.0 Å². The van der Waals surface area contributed by atoms with Crippen LogP contribution in [0.4, 0.5) is 14.6 Å². The summed E-state index contributed by atoms with van der Waals surface area (Å²) in [6.07, 6.45) is 5.31. The Hall–Kier alpha value is -3.57. The third kappa shape index (κ3) is 5.03. The molecule has 0 bridgehead atoms. The van der Waals surface area contributed by atoms with E-state index in [1.807, 2.05) is 13.8 Å². The van der Waals surface area contributed by atoms with Crippen LogP contribution in [0.2, 0.25) is 0 Å². The summed E-state index contributed by atoms with van der Waals surface area (Å²) in [5, 5.41) is 5.15. The summed E-state index contributed by atoms with van der Waals surface area (Å²) >= 11 is 0. The number of aromatic nitrogens is 3. The van der Waals surface area contributed by atoms with Gasteiger partial charge in [-0.1, -0.05) is 12.1 Å². The fraction of sp³-hybridized carbons (Fsp3) is 0.379. The normalized spacial score (nSPS) is 18.0. The molecule has 0 spiro atoms. The van der Waals surface area contributed by atoms with Crippen molar-refractivity contribution in [3.05, 3.63) is 65.4 Å². The minimum absolute atomic E-state index is 0.0965. The van der Waals surface area contributed by atoms with Crippen LogP contribution in [0.25, 0.3) is 22.2 Å². The van der Waals surface area contributed by atoms with E-state index in [2.05, 4.69) is 4.98 Å². The van der Waals surface area contributed by atoms with Crippen LogP contribution in [0, 0.1) is 11.6 Å². The van der Waals surface area contributed by atoms with Gasteiger partial charge in [0, 0.05) is 29.4 Å². The molecule has 1 fully saturated rings. The van der Waals surface area contributed by atoms with Gasteiger partial charge in [0.15, 0.2) is 9.84 Å². The molecule has 0 aliphatic heterocycles. The number of benzene rings is 2. The van der Waals surface area contributed by atoms with E-state index in [1.54, 1.807) is 23.0 Å². The Bertz CT molecular complexity index is 1680. The highest BCUT2D eigenvalue weighted by molar-refractivity contribution is 7.90. The Morgan fingerprint density at radius 1 is 1.10 bits per heavy atom. The van der Waals surface area contributed by atoms with Gasteiger partial charge in [0.05, 0.1) is 23.8 Å². The highest BCUT2D eigenvalue weighted by Gasteiger charge is 2.29. The van der Waals surface area contributed by atoms with Crippen molar-refractivity contribution in [3.63, 3.8) is 0 Å². The lowest BCUT2D eigenvalue weighted by Gasteiger charge is -2.27. The number of sulfone groups is 1. The van der Waals surface area contributed by atoms with Crippen LogP contribution >= 0.6 is 0 Å². The fourth-order valence-corrected chi connectivity index (χ4v) is 7.08. The zero-order valence-corrected chi connectivity index (χ0v) is 23.5. The summed E-state index contributed by atoms with van der Waals surface area (Å²) in [5.74, 6) is -1.93. The lowest BCUT2D eigenvalue weighted by molar-refractivity contribution is 0.395. The molecule has 4 aromatic rings. The number of methoxy groups -OCH3 is 1. The zero-order chi connectivity index (χ0) is 28.8. The smallest absolute Gasteiger partial charge is 0.186 e. The molecular weight excluding hydrogens is 536 g/mol. The van der Waals surface area contributed by atoms with Crippen LogP contribution in [0.3, 0.4) is 0 Å². The van der Waals surface area contributed by atoms with Crippen molar-refractivity contribution in [2.45, 2.75) is 68.2 Å². The van der Waals surface area contributed by atoms with Gasteiger partial charge in [-0.3, -0.25) is 4.68 Å². The van der Waals surface area contributed by atoms with Gasteiger partial charge in [-0.15, -0.1) is 0 Å². The monoisotopic (exact) mass is 569 g/mol. The third-order valence-corrected chi connectivity index (χ3v) is 9.32. The number of fused-ring (bicyclic) bond motifs is 1. The summed E-state index contributed by atoms with van der Waals surface area (Å²) in [4.78, 5) is 4.32. The maximum atomic E-state index is 15.7. The summed E-state index contributed by atoms with van der Waals surface area (Å²) in [5.41, 5.74) is 13.9. The van der Waals surface area contributed by atoms with Gasteiger partial charge >= 0.3 is 0 Å². The van der Waals surface area contributed by atoms with Gasteiger partial charge in [-0.25, -0.2) is 22.2 Å². The average Bonchev–Trinajstić information content (AvgIpc) is 3.33. The Balaban J connectivity index is 1.61. The first-order valence-corrected chi connectivity index (χ1v) is 14.9. The van der Waals surface area contributed by atoms with Crippen LogP contribution in [0.5, 0.6) is 5.75 Å². The molecule has 40 heavy (non-hydrogen) atoms. The highest BCUT2D eigenvalue weighted by atomic mass is 32.2. The summed E-state index contributed by atoms with van der Waals surface area (Å²) < 4.78 is 64.3. The van der Waals surface area contributed by atoms with Crippen LogP contribution in [-0.2, 0) is 15.6 Å². The van der Waals surface area contributed by atoms with E-state index >= 15 is 8.78 Å². The molecule has 212 valence electrons. The second-order valence-corrected chi connectivity index (χ2v) is 12.6. The number of hydrogen-bond acceptors (Lipinski definition) is 7. The summed E-state index contributed by atoms with van der Waals surface area (Å²) in [6.45, 7) is 3.91. The van der Waals surface area contributed by atoms with Crippen LogP contribution in [0.15, 0.2) is 47.5 Å². The first kappa shape index (κ1) is 28.0. The summed E-state index contributed by atoms with van der Waals surface area (Å²) in [6, 6.07) is 8.01. The lowest BCUT2D eigenvalue weighted by atomic mass is 9.82. The molecule has 8 nitrogen and oxygen atoms in total. The molecule has 0 unspecified atom stereocenters. The predicted octanol–water partition coefficient (Wildman–Crippen LogP) is 5.51. The molecule has 11 heteroatoms. The molecule has 1 aliphatic carbocycles. The Labute approximate surface area is 232 Å². The fourth-order valence-electron chi connectivity index (χ4n) is 5.55. The maximum Gasteiger partial charge on any atom is 0.186 e. The lowest BCUT2D eigenvalue weighted by Crippen LogP contribution is -2.26. The number of anilines is 1. The van der Waals surface area contributed by atoms with Gasteiger partial charge in [0.2, 0.25) is 0 Å². The van der Waals surface area contributed by atoms with E-state index in [-0.39, 0.29) is 51.3 Å². The molecule has 0 saturated heterocycles. The minimum Gasteiger partial charge on any atom is -0.495 e. The molecule has 2 heterocycles. The van der Waals surface area contributed by atoms with Crippen molar-refractivity contribution >= 4 is 26.6 Å². The van der Waals surface area contributed by atoms with Gasteiger partial charge < -0.3 is 16.2 Å². The van der Waals surface area contributed by atoms with Gasteiger partial charge in [-0.05, 0) is 75.3 Å². The second kappa shape index (κ2) is 10.8. The number of halogens is 2. The number of pyridine rings is 1. The Morgan fingerprint density at radius 3 is 2.48 bits per heavy atom. The van der Waals surface area contributed by atoms with Gasteiger partial charge in [-0.2, -0.15) is 5.10 Å². The first-order chi connectivity index (χ1) is 19.0. The third-order valence-electron chi connectivity index (χ3n) is 7.62. The molecule has 5 rings (SSSR count). The molecule has 1 aliphatic rings. The Kier molecular flexibility index (Phi) is 7.54. The molecule has 2 aromatic heterocycles. The van der Waals surface area contributed by atoms with Crippen molar-refractivity contribution < 1.29 is 21.9 Å². The van der Waals surface area contributed by atoms with Crippen molar-refractivity contribution in [2.24, 2.45) is 5.73 Å². The van der Waals surface area contributed by atoms with E-state index in [0.717, 1.165) is 48.9 Å². The zero-order valence-electron chi connectivity index (χ0n) is 22.7. The van der Waals surface area contributed by atoms with E-state index in [9.17, 15) is 8.42 Å². The van der Waals surface area contributed by atoms with Gasteiger partial charge in [0.25, 0.3) is 0 Å². The molecule has 2 aromatic carbocycles. The highest BCUT2D eigenvalue weighted by Crippen LogP contribution is 2.42. The minimum atomic E-state index is -4.03. The number of nitrogen functional groups attached to an aromatic ring is 1. The molecule has 0 amide bonds. The van der Waals surface area contributed by atoms with E-state index in [4.69, 9.17) is 21.3 Å². The molecule has 1 saturated carbocycles. The van der Waals surface area contributed by atoms with Crippen LogP contribution in [0.1, 0.15) is 62.6 Å². The van der Waals surface area contributed by atoms with E-state index < -0.39 is 27.2 Å². The van der Waals surface area contributed by atoms with Gasteiger partial charge in [0.1, 0.15) is 33.8 Å². The average molecular weight is 570 g/mol. The van der Waals surface area contributed by atoms with Crippen molar-refractivity contribution in [1.29, 1.82) is 0 Å². The molecule has 0 radical (unpaired) electrons. The molecule has 4 N–H and O–H groups in total. The number of nitrogens with zero attached hydrogens (tertiary/aromatic N) is 3. The van der Waals surface area contributed by atoms with E-state index in [0.29, 0.717) is 5.39 Å². The predicted molar refractivity (Wildman–Crippen MR) is 151 cm³/mol. The topological polar surface area (TPSA) is 126 Å². The molecular formula is C29H33F2N5O3S. The second-order valence-electron chi connectivity index (χ2n) is 10.7. The first-order valence-electron chi connectivity index (χ1n) is 13.3. The number of nitrogens with two attached hydrogens (primary N) is 2. The number of hydrogen-bond donors (Lipinski definition) is 2. The Morgan fingerprint density at radius 2 is 1.80 bits per heavy atom. The number of rotatable bonds is 7. The number of ether oxygens (including phenoxy) is 1. The SMILES string of the molecule is COc1ccccc1S(=O)(=O)Cc1cc(F)c(-c2nn(C(C)C)c3c(C4CCC(N)CC4)cnc(N)c23)cc1F. The van der Waals surface area contributed by atoms with Crippen LogP contribution in [-0.4, -0.2) is 36.3 Å². The van der Waals surface area contributed by atoms with Crippen LogP contribution < -0.4 is 16.2 Å². The molecule has 0 atom stereocenters. The summed E-state index contributed by atoms with van der Waals surface area (Å²) in [7, 11) is -2.69. The standard InChI is InChI=1S/C29H33F2N5O3S/c1-16(2)36-28-21(17-8-10-19(32)11-9-17)14-34-29(33)26(28)27(35-36)20-13-22(30)18(12-23(20)31)15-40(37,38)25-7-5-4-6-24(25)39-3/h4-7,12-14,16-17,19H,8-11,15,32H2,1-3H3,(H2,33,34). The quantitative estimate of drug-likeness (QED) is 0.301. The largest absolute Gasteiger partial charge is 0.495 e. The number of para-hydroxylation sites is 1. The van der Waals surface area contributed by atoms with Crippen molar-refractivity contribution in [2.75, 3.05) is 12.8 Å². The van der Waals surface area contributed by atoms with E-state index in [1.165, 1.54) is 19.2 Å². The maximum absolute atomic E-state index is 15.7.